The van der Waals surface area contributed by atoms with Crippen LogP contribution in [0.15, 0.2) is 138 Å². The second-order valence-electron chi connectivity index (χ2n) is 16.0. The molecule has 5 heterocycles. The van der Waals surface area contributed by atoms with Crippen LogP contribution >= 0.6 is 11.6 Å². The summed E-state index contributed by atoms with van der Waals surface area (Å²) < 4.78 is 16.8. The number of rotatable bonds is 9. The van der Waals surface area contributed by atoms with Gasteiger partial charge in [0, 0.05) is 44.0 Å². The van der Waals surface area contributed by atoms with Gasteiger partial charge in [-0.3, -0.25) is 14.7 Å². The van der Waals surface area contributed by atoms with Crippen LogP contribution in [0.25, 0.3) is 28.0 Å². The number of nitrogens with zero attached hydrogens (tertiary/aromatic N) is 7. The Kier molecular flexibility index (Phi) is 10.3. The van der Waals surface area contributed by atoms with Crippen LogP contribution in [0, 0.1) is 12.7 Å². The van der Waals surface area contributed by atoms with E-state index in [-0.39, 0.29) is 40.2 Å². The Balaban J connectivity index is 1.08. The molecule has 4 aromatic carbocycles. The molecular weight excluding hydrogens is 773 g/mol. The Labute approximate surface area is 353 Å². The van der Waals surface area contributed by atoms with Crippen molar-refractivity contribution in [1.29, 1.82) is 0 Å². The van der Waals surface area contributed by atoms with Gasteiger partial charge >= 0.3 is 5.69 Å². The average Bonchev–Trinajstić information content (AvgIpc) is 4.06. The van der Waals surface area contributed by atoms with E-state index in [4.69, 9.17) is 21.6 Å². The van der Waals surface area contributed by atoms with Gasteiger partial charge in [0.15, 0.2) is 5.65 Å². The molecule has 11 heteroatoms. The molecule has 9 nitrogen and oxygen atoms in total. The largest absolute Gasteiger partial charge is 0.355 e. The van der Waals surface area contributed by atoms with Gasteiger partial charge in [-0.2, -0.15) is 4.98 Å². The number of hydrogen-bond donors (Lipinski definition) is 0. The standard InChI is InChI=1S/C49H45ClFN7O2/c1-31(2)42-44(32(3)24-25-52-42)58-46-38(28-39(50)43(53-46)37-22-14-15-23-40(37)51)45(54-48(58)60)56-27-26-55(29-33(56)4)47(59)41-30-57(41)49(34-16-8-5-9-17-34,35-18-10-6-11-19-35)36-20-12-7-13-21-36/h5-25,28,31,33,41H,26-27,29-30H2,1-4H3. The van der Waals surface area contributed by atoms with Gasteiger partial charge < -0.3 is 9.80 Å². The topological polar surface area (TPSA) is 87.2 Å². The molecule has 9 rings (SSSR count). The smallest absolute Gasteiger partial charge is 0.350 e. The summed E-state index contributed by atoms with van der Waals surface area (Å²) in [5.41, 5.74) is 4.92. The monoisotopic (exact) mass is 817 g/mol. The number of aryl methyl sites for hydroxylation is 1. The average molecular weight is 818 g/mol. The van der Waals surface area contributed by atoms with Gasteiger partial charge in [0.1, 0.15) is 17.7 Å². The van der Waals surface area contributed by atoms with E-state index in [2.05, 4.69) is 87.6 Å². The number of aromatic nitrogens is 4. The number of carbonyl (C=O) groups excluding carboxylic acids is 1. The normalized spacial score (nSPS) is 17.9. The van der Waals surface area contributed by atoms with Crippen LogP contribution in [-0.4, -0.2) is 73.5 Å². The van der Waals surface area contributed by atoms with E-state index in [9.17, 15) is 9.59 Å². The van der Waals surface area contributed by atoms with Gasteiger partial charge in [-0.25, -0.2) is 18.7 Å². The summed E-state index contributed by atoms with van der Waals surface area (Å²) in [6.07, 6.45) is 1.73. The molecular formula is C49H45ClFN7O2. The quantitative estimate of drug-likeness (QED) is 0.106. The van der Waals surface area contributed by atoms with Crippen LogP contribution in [0.5, 0.6) is 0 Å². The molecule has 3 aromatic heterocycles. The molecule has 2 aliphatic rings. The second-order valence-corrected chi connectivity index (χ2v) is 16.5. The van der Waals surface area contributed by atoms with E-state index in [0.29, 0.717) is 54.4 Å². The highest BCUT2D eigenvalue weighted by Gasteiger charge is 2.57. The van der Waals surface area contributed by atoms with E-state index in [1.807, 2.05) is 56.9 Å². The Bertz CT molecular complexity index is 2690. The van der Waals surface area contributed by atoms with Crippen LogP contribution in [0.4, 0.5) is 10.2 Å². The van der Waals surface area contributed by atoms with Crippen molar-refractivity contribution >= 4 is 34.4 Å². The second kappa shape index (κ2) is 15.7. The highest BCUT2D eigenvalue weighted by atomic mass is 35.5. The van der Waals surface area contributed by atoms with E-state index in [0.717, 1.165) is 22.3 Å². The molecule has 302 valence electrons. The van der Waals surface area contributed by atoms with Crippen molar-refractivity contribution < 1.29 is 9.18 Å². The molecule has 60 heavy (non-hydrogen) atoms. The highest BCUT2D eigenvalue weighted by molar-refractivity contribution is 6.33. The number of pyridine rings is 2. The number of benzene rings is 4. The van der Waals surface area contributed by atoms with Crippen LogP contribution in [-0.2, 0) is 10.3 Å². The maximum atomic E-state index is 15.3. The summed E-state index contributed by atoms with van der Waals surface area (Å²) >= 11 is 6.97. The molecule has 0 saturated carbocycles. The third kappa shape index (κ3) is 6.64. The van der Waals surface area contributed by atoms with Crippen molar-refractivity contribution in [2.24, 2.45) is 0 Å². The first-order chi connectivity index (χ1) is 29.1. The maximum absolute atomic E-state index is 15.3. The first-order valence-electron chi connectivity index (χ1n) is 20.4. The fourth-order valence-electron chi connectivity index (χ4n) is 9.09. The molecule has 0 radical (unpaired) electrons. The number of hydrogen-bond acceptors (Lipinski definition) is 7. The van der Waals surface area contributed by atoms with Gasteiger partial charge in [0.25, 0.3) is 0 Å². The van der Waals surface area contributed by atoms with Crippen LogP contribution < -0.4 is 10.6 Å². The number of amides is 1. The van der Waals surface area contributed by atoms with Gasteiger partial charge in [-0.05, 0) is 66.3 Å². The van der Waals surface area contributed by atoms with Crippen molar-refractivity contribution in [2.75, 3.05) is 31.1 Å². The van der Waals surface area contributed by atoms with Crippen LogP contribution in [0.1, 0.15) is 54.6 Å². The summed E-state index contributed by atoms with van der Waals surface area (Å²) in [5, 5.41) is 0.762. The number of anilines is 1. The van der Waals surface area contributed by atoms with Gasteiger partial charge in [0.2, 0.25) is 5.91 Å². The zero-order valence-electron chi connectivity index (χ0n) is 34.0. The third-order valence-electron chi connectivity index (χ3n) is 12.0. The lowest BCUT2D eigenvalue weighted by Crippen LogP contribution is -2.56. The van der Waals surface area contributed by atoms with Crippen molar-refractivity contribution in [3.8, 4) is 16.9 Å². The Hall–Kier alpha value is -6.23. The molecule has 7 aromatic rings. The van der Waals surface area contributed by atoms with Gasteiger partial charge in [-0.1, -0.05) is 129 Å². The highest BCUT2D eigenvalue weighted by Crippen LogP contribution is 2.49. The van der Waals surface area contributed by atoms with E-state index in [1.165, 1.54) is 10.6 Å². The van der Waals surface area contributed by atoms with Crippen LogP contribution in [0.2, 0.25) is 5.02 Å². The summed E-state index contributed by atoms with van der Waals surface area (Å²) in [6.45, 7) is 9.84. The Morgan fingerprint density at radius 1 is 0.817 bits per heavy atom. The summed E-state index contributed by atoms with van der Waals surface area (Å²) in [5.74, 6) is -0.0233. The predicted molar refractivity (Wildman–Crippen MR) is 235 cm³/mol. The van der Waals surface area contributed by atoms with Crippen molar-refractivity contribution in [3.05, 3.63) is 183 Å². The molecule has 0 bridgehead atoms. The summed E-state index contributed by atoms with van der Waals surface area (Å²) in [7, 11) is 0. The predicted octanol–water partition coefficient (Wildman–Crippen LogP) is 8.78. The van der Waals surface area contributed by atoms with E-state index < -0.39 is 17.0 Å². The lowest BCUT2D eigenvalue weighted by atomic mass is 9.76. The number of halogens is 2. The molecule has 1 amide bonds. The number of fused-ring (bicyclic) bond motifs is 1. The fourth-order valence-corrected chi connectivity index (χ4v) is 9.35. The van der Waals surface area contributed by atoms with Crippen molar-refractivity contribution in [1.82, 2.24) is 29.3 Å². The Morgan fingerprint density at radius 2 is 1.42 bits per heavy atom. The van der Waals surface area contributed by atoms with Gasteiger partial charge in [-0.15, -0.1) is 0 Å². The third-order valence-corrected chi connectivity index (χ3v) is 12.3. The molecule has 2 saturated heterocycles. The minimum absolute atomic E-state index is 0.0221. The molecule has 3 atom stereocenters. The van der Waals surface area contributed by atoms with Crippen molar-refractivity contribution in [3.63, 3.8) is 0 Å². The number of carbonyl (C=O) groups is 1. The maximum Gasteiger partial charge on any atom is 0.355 e. The summed E-state index contributed by atoms with van der Waals surface area (Å²) in [4.78, 5) is 49.8. The van der Waals surface area contributed by atoms with E-state index >= 15 is 4.39 Å². The minimum Gasteiger partial charge on any atom is -0.350 e. The molecule has 0 N–H and O–H groups in total. The molecule has 0 spiro atoms. The lowest BCUT2D eigenvalue weighted by Gasteiger charge is -2.42. The van der Waals surface area contributed by atoms with Gasteiger partial charge in [0.05, 0.1) is 33.0 Å². The SMILES string of the molecule is Cc1ccnc(C(C)C)c1-n1c(=O)nc(N2CCN(C(=O)C3CN3C(c3ccccc3)(c3ccccc3)c3ccccc3)CC2C)c2cc(Cl)c(-c3ccccc3F)nc21. The number of piperazine rings is 1. The first kappa shape index (κ1) is 39.2. The molecule has 2 fully saturated rings. The minimum atomic E-state index is -0.680. The molecule has 3 unspecified atom stereocenters. The molecule has 2 aliphatic heterocycles. The zero-order chi connectivity index (χ0) is 41.7. The Morgan fingerprint density at radius 3 is 2.00 bits per heavy atom. The van der Waals surface area contributed by atoms with Crippen LogP contribution in [0.3, 0.4) is 0 Å². The van der Waals surface area contributed by atoms with E-state index in [1.54, 1.807) is 30.5 Å². The summed E-state index contributed by atoms with van der Waals surface area (Å²) in [6, 6.07) is 40.6. The zero-order valence-corrected chi connectivity index (χ0v) is 34.7. The first-order valence-corrected chi connectivity index (χ1v) is 20.8. The fraction of sp³-hybridized carbons (Fsp3) is 0.245. The molecule has 0 aliphatic carbocycles. The van der Waals surface area contributed by atoms with Crippen molar-refractivity contribution in [2.45, 2.75) is 51.2 Å². The lowest BCUT2D eigenvalue weighted by molar-refractivity contribution is -0.132.